The minimum atomic E-state index is 1.20. The van der Waals surface area contributed by atoms with Crippen LogP contribution in [0.1, 0.15) is 112 Å². The lowest BCUT2D eigenvalue weighted by molar-refractivity contribution is 0.608. The van der Waals surface area contributed by atoms with E-state index in [1.807, 2.05) is 45.3 Å². The molecule has 6 heteroatoms. The number of hydrogen-bond donors (Lipinski definition) is 0. The van der Waals surface area contributed by atoms with Crippen LogP contribution in [0.2, 0.25) is 0 Å². The van der Waals surface area contributed by atoms with E-state index in [1.54, 1.807) is 31.3 Å². The van der Waals surface area contributed by atoms with Gasteiger partial charge in [-0.25, -0.2) is 0 Å². The summed E-state index contributed by atoms with van der Waals surface area (Å²) in [6.07, 6.45) is 18.6. The van der Waals surface area contributed by atoms with Crippen LogP contribution in [0.15, 0.2) is 36.4 Å². The fourth-order valence-electron chi connectivity index (χ4n) is 6.98. The third kappa shape index (κ3) is 6.95. The summed E-state index contributed by atoms with van der Waals surface area (Å²) in [5.74, 6) is 0. The molecule has 242 valence electrons. The van der Waals surface area contributed by atoms with Crippen molar-refractivity contribution in [3.05, 3.63) is 57.3 Å². The lowest BCUT2D eigenvalue weighted by Crippen LogP contribution is -1.93. The molecule has 0 aliphatic heterocycles. The van der Waals surface area contributed by atoms with E-state index in [4.69, 9.17) is 0 Å². The molecule has 7 rings (SSSR count). The van der Waals surface area contributed by atoms with Gasteiger partial charge in [0.15, 0.2) is 0 Å². The molecule has 0 spiro atoms. The molecule has 0 bridgehead atoms. The molecule has 0 nitrogen and oxygen atoms in total. The molecule has 1 aromatic carbocycles. The van der Waals surface area contributed by atoms with Crippen molar-refractivity contribution in [3.8, 4) is 19.5 Å². The monoisotopic (exact) mass is 718 g/mol. The molecular formula is C40H46S6. The van der Waals surface area contributed by atoms with Crippen molar-refractivity contribution in [3.63, 3.8) is 0 Å². The Morgan fingerprint density at radius 1 is 0.391 bits per heavy atom. The molecule has 0 aliphatic rings. The molecule has 0 unspecified atom stereocenters. The van der Waals surface area contributed by atoms with Crippen molar-refractivity contribution in [2.75, 3.05) is 0 Å². The van der Waals surface area contributed by atoms with Gasteiger partial charge in [-0.1, -0.05) is 78.1 Å². The Kier molecular flexibility index (Phi) is 10.7. The third-order valence-corrected chi connectivity index (χ3v) is 16.6. The summed E-state index contributed by atoms with van der Waals surface area (Å²) in [5, 5.41) is 3.12. The topological polar surface area (TPSA) is 0 Å². The Morgan fingerprint density at radius 3 is 1.17 bits per heavy atom. The predicted molar refractivity (Wildman–Crippen MR) is 218 cm³/mol. The average molecular weight is 719 g/mol. The maximum absolute atomic E-state index is 2.60. The summed E-state index contributed by atoms with van der Waals surface area (Å²) in [6, 6.07) is 14.9. The molecule has 0 saturated heterocycles. The highest BCUT2D eigenvalue weighted by atomic mass is 32.1. The first-order chi connectivity index (χ1) is 22.5. The summed E-state index contributed by atoms with van der Waals surface area (Å²) in [5.41, 5.74) is 3.27. The number of fused-ring (bicyclic) bond motifs is 4. The highest BCUT2D eigenvalue weighted by Gasteiger charge is 2.22. The van der Waals surface area contributed by atoms with Crippen molar-refractivity contribution in [1.29, 1.82) is 0 Å². The largest absolute Gasteiger partial charge is 0.140 e. The van der Waals surface area contributed by atoms with Gasteiger partial charge in [0, 0.05) is 57.5 Å². The Bertz CT molecular complexity index is 1800. The first-order valence-corrected chi connectivity index (χ1v) is 22.4. The molecule has 6 aromatic heterocycles. The summed E-state index contributed by atoms with van der Waals surface area (Å²) in [7, 11) is 0. The quantitative estimate of drug-likeness (QED) is 0.0873. The second-order valence-electron chi connectivity index (χ2n) is 13.1. The highest BCUT2D eigenvalue weighted by molar-refractivity contribution is 7.33. The van der Waals surface area contributed by atoms with Crippen LogP contribution in [-0.4, -0.2) is 0 Å². The molecule has 0 fully saturated rings. The number of unbranched alkanes of at least 4 members (excludes halogenated alkanes) is 10. The molecule has 6 heterocycles. The van der Waals surface area contributed by atoms with Gasteiger partial charge in [0.25, 0.3) is 0 Å². The number of hydrogen-bond acceptors (Lipinski definition) is 6. The number of aryl methyl sites for hydroxylation is 4. The summed E-state index contributed by atoms with van der Waals surface area (Å²) >= 11 is 12.0. The van der Waals surface area contributed by atoms with Crippen molar-refractivity contribution in [1.82, 2.24) is 0 Å². The van der Waals surface area contributed by atoms with Gasteiger partial charge in [-0.15, -0.1) is 68.0 Å². The molecule has 0 aliphatic carbocycles. The smallest absolute Gasteiger partial charge is 0.0464 e. The molecule has 7 aromatic rings. The molecule has 0 radical (unpaired) electrons. The molecule has 46 heavy (non-hydrogen) atoms. The van der Waals surface area contributed by atoms with Gasteiger partial charge < -0.3 is 0 Å². The lowest BCUT2D eigenvalue weighted by atomic mass is 9.94. The van der Waals surface area contributed by atoms with Crippen molar-refractivity contribution in [2.24, 2.45) is 0 Å². The van der Waals surface area contributed by atoms with Crippen molar-refractivity contribution >= 4 is 107 Å². The van der Waals surface area contributed by atoms with Gasteiger partial charge in [-0.3, -0.25) is 0 Å². The molecule has 0 amide bonds. The maximum Gasteiger partial charge on any atom is 0.0464 e. The van der Waals surface area contributed by atoms with Gasteiger partial charge >= 0.3 is 0 Å². The van der Waals surface area contributed by atoms with Crippen LogP contribution in [0, 0.1) is 13.8 Å². The third-order valence-electron chi connectivity index (χ3n) is 9.37. The van der Waals surface area contributed by atoms with E-state index in [0.29, 0.717) is 0 Å². The fourth-order valence-corrected chi connectivity index (χ4v) is 14.3. The van der Waals surface area contributed by atoms with Gasteiger partial charge in [-0.2, -0.15) is 0 Å². The summed E-state index contributed by atoms with van der Waals surface area (Å²) in [6.45, 7) is 9.11. The van der Waals surface area contributed by atoms with E-state index >= 15 is 0 Å². The minimum Gasteiger partial charge on any atom is -0.140 e. The van der Waals surface area contributed by atoms with Crippen LogP contribution in [0.3, 0.4) is 0 Å². The van der Waals surface area contributed by atoms with E-state index in [1.165, 1.54) is 138 Å². The average Bonchev–Trinajstić information content (AvgIpc) is 3.86. The van der Waals surface area contributed by atoms with Gasteiger partial charge in [-0.05, 0) is 97.8 Å². The molecular weight excluding hydrogens is 673 g/mol. The van der Waals surface area contributed by atoms with E-state index in [-0.39, 0.29) is 0 Å². The van der Waals surface area contributed by atoms with E-state index < -0.39 is 0 Å². The van der Waals surface area contributed by atoms with E-state index in [0.717, 1.165) is 0 Å². The lowest BCUT2D eigenvalue weighted by Gasteiger charge is -2.12. The van der Waals surface area contributed by atoms with E-state index in [2.05, 4.69) is 86.8 Å². The van der Waals surface area contributed by atoms with Crippen molar-refractivity contribution < 1.29 is 0 Å². The standard InChI is InChI=1S/C40H46S6/c1-5-7-9-11-13-15-17-27-29-21-33(37-23-35-31(43-37)19-25(3)41-35)46-40(29)28(18-16-14-12-10-8-6-2)30-22-34(45-39(27)30)38-24-36-32(44-38)20-26(4)42-36/h19-24H,5-18H2,1-4H3. The predicted octanol–water partition coefficient (Wildman–Crippen LogP) is 16.4. The van der Waals surface area contributed by atoms with Gasteiger partial charge in [0.05, 0.1) is 0 Å². The van der Waals surface area contributed by atoms with Crippen LogP contribution in [-0.2, 0) is 12.8 Å². The minimum absolute atomic E-state index is 1.20. The zero-order valence-electron chi connectivity index (χ0n) is 27.8. The Balaban J connectivity index is 1.32. The maximum atomic E-state index is 2.60. The van der Waals surface area contributed by atoms with Crippen molar-refractivity contribution in [2.45, 2.75) is 118 Å². The van der Waals surface area contributed by atoms with Crippen LogP contribution in [0.4, 0.5) is 0 Å². The normalized spacial score (nSPS) is 12.3. The van der Waals surface area contributed by atoms with Crippen LogP contribution < -0.4 is 0 Å². The second kappa shape index (κ2) is 14.9. The SMILES string of the molecule is CCCCCCCCc1c2cc(-c3cc4sc(C)cc4s3)sc2c(CCCCCCCC)c2cc(-c3cc4sc(C)cc4s3)sc12. The number of thiophene rings is 6. The zero-order chi connectivity index (χ0) is 31.6. The van der Waals surface area contributed by atoms with Crippen LogP contribution in [0.5, 0.6) is 0 Å². The first kappa shape index (κ1) is 33.0. The summed E-state index contributed by atoms with van der Waals surface area (Å²) < 4.78 is 8.96. The van der Waals surface area contributed by atoms with Gasteiger partial charge in [0.2, 0.25) is 0 Å². The van der Waals surface area contributed by atoms with Crippen LogP contribution in [0.25, 0.3) is 58.5 Å². The Morgan fingerprint density at radius 2 is 0.761 bits per heavy atom. The van der Waals surface area contributed by atoms with E-state index in [9.17, 15) is 0 Å². The Labute approximate surface area is 299 Å². The van der Waals surface area contributed by atoms with Crippen LogP contribution >= 0.6 is 68.0 Å². The first-order valence-electron chi connectivity index (χ1n) is 17.5. The molecule has 0 atom stereocenters. The fraction of sp³-hybridized carbons (Fsp3) is 0.450. The number of benzene rings is 1. The molecule has 0 N–H and O–H groups in total. The highest BCUT2D eigenvalue weighted by Crippen LogP contribution is 2.50. The Hall–Kier alpha value is -1.54. The number of rotatable bonds is 16. The van der Waals surface area contributed by atoms with Gasteiger partial charge in [0.1, 0.15) is 0 Å². The summed E-state index contributed by atoms with van der Waals surface area (Å²) in [4.78, 5) is 8.70. The molecule has 0 saturated carbocycles. The zero-order valence-corrected chi connectivity index (χ0v) is 32.7. The second-order valence-corrected chi connectivity index (χ2v) is 19.9.